The normalized spacial score (nSPS) is 27.8. The molecule has 0 spiro atoms. The summed E-state index contributed by atoms with van der Waals surface area (Å²) in [7, 11) is 0. The Morgan fingerprint density at radius 3 is 2.81 bits per heavy atom. The summed E-state index contributed by atoms with van der Waals surface area (Å²) < 4.78 is 68.0. The minimum absolute atomic E-state index is 0.0583. The first-order valence-electron chi connectivity index (χ1n) is 10.3. The fraction of sp³-hybridized carbons (Fsp3) is 0.650. The van der Waals surface area contributed by atoms with Gasteiger partial charge in [-0.2, -0.15) is 18.3 Å². The van der Waals surface area contributed by atoms with Crippen LogP contribution in [-0.2, 0) is 11.2 Å². The lowest BCUT2D eigenvalue weighted by Gasteiger charge is -2.31. The molecule has 2 fully saturated rings. The van der Waals surface area contributed by atoms with E-state index < -0.39 is 48.3 Å². The third kappa shape index (κ3) is 4.81. The van der Waals surface area contributed by atoms with Crippen molar-refractivity contribution in [2.75, 3.05) is 6.54 Å². The molecule has 1 saturated heterocycles. The van der Waals surface area contributed by atoms with E-state index in [-0.39, 0.29) is 25.7 Å². The van der Waals surface area contributed by atoms with Crippen LogP contribution in [0.5, 0.6) is 0 Å². The Morgan fingerprint density at radius 1 is 1.32 bits per heavy atom. The van der Waals surface area contributed by atoms with Crippen molar-refractivity contribution in [2.24, 2.45) is 23.5 Å². The van der Waals surface area contributed by atoms with Crippen LogP contribution in [-0.4, -0.2) is 39.1 Å². The summed E-state index contributed by atoms with van der Waals surface area (Å²) in [6.45, 7) is -0.408. The number of imidazole rings is 1. The Labute approximate surface area is 175 Å². The van der Waals surface area contributed by atoms with Crippen molar-refractivity contribution >= 4 is 11.6 Å². The van der Waals surface area contributed by atoms with E-state index in [1.165, 1.54) is 4.52 Å². The highest BCUT2D eigenvalue weighted by Crippen LogP contribution is 2.41. The van der Waals surface area contributed by atoms with Crippen LogP contribution in [0.4, 0.5) is 22.0 Å². The highest BCUT2D eigenvalue weighted by molar-refractivity contribution is 5.79. The number of nitrogens with zero attached hydrogens (tertiary/aromatic N) is 3. The molecule has 1 unspecified atom stereocenters. The summed E-state index contributed by atoms with van der Waals surface area (Å²) >= 11 is 0. The summed E-state index contributed by atoms with van der Waals surface area (Å²) in [5.74, 6) is -5.95. The zero-order chi connectivity index (χ0) is 22.4. The number of amides is 1. The second-order valence-electron chi connectivity index (χ2n) is 8.65. The molecule has 2 aliphatic rings. The van der Waals surface area contributed by atoms with Gasteiger partial charge in [-0.3, -0.25) is 4.79 Å². The molecule has 170 valence electrons. The fourth-order valence-electron chi connectivity index (χ4n) is 4.55. The molecule has 1 amide bonds. The lowest BCUT2D eigenvalue weighted by Crippen LogP contribution is -2.47. The molecule has 3 N–H and O–H groups in total. The third-order valence-electron chi connectivity index (χ3n) is 6.30. The molecule has 1 aliphatic carbocycles. The van der Waals surface area contributed by atoms with Crippen molar-refractivity contribution in [1.82, 2.24) is 19.9 Å². The number of aromatic nitrogens is 3. The molecule has 2 aromatic rings. The van der Waals surface area contributed by atoms with Crippen LogP contribution < -0.4 is 11.1 Å². The third-order valence-corrected chi connectivity index (χ3v) is 6.30. The van der Waals surface area contributed by atoms with Gasteiger partial charge in [-0.25, -0.2) is 18.3 Å². The summed E-state index contributed by atoms with van der Waals surface area (Å²) in [6.07, 6.45) is -2.43. The van der Waals surface area contributed by atoms with E-state index in [9.17, 15) is 26.7 Å². The number of piperidine rings is 1. The van der Waals surface area contributed by atoms with Gasteiger partial charge >= 0.3 is 6.18 Å². The van der Waals surface area contributed by atoms with Crippen LogP contribution in [0.2, 0.25) is 0 Å². The standard InChI is InChI=1S/C20H24F5N5O/c21-19(22)5-1-2-11(8-19)17(26)15-10-30-16(28-15)4-3-14(29-30)7-12-6-13(20(23,24)25)9-27-18(12)31/h3-4,10-13,17H,1-2,5-9,26H2,(H,27,31)/t11-,12?,13+,17+/m1/s1. The van der Waals surface area contributed by atoms with Crippen LogP contribution in [0.1, 0.15) is 49.5 Å². The molecule has 6 nitrogen and oxygen atoms in total. The largest absolute Gasteiger partial charge is 0.393 e. The molecule has 1 saturated carbocycles. The van der Waals surface area contributed by atoms with Crippen molar-refractivity contribution in [2.45, 2.75) is 56.7 Å². The van der Waals surface area contributed by atoms with Crippen LogP contribution in [0.3, 0.4) is 0 Å². The van der Waals surface area contributed by atoms with Gasteiger partial charge in [0.2, 0.25) is 11.8 Å². The van der Waals surface area contributed by atoms with Gasteiger partial charge in [0.15, 0.2) is 5.65 Å². The van der Waals surface area contributed by atoms with E-state index in [1.807, 2.05) is 0 Å². The number of nitrogens with two attached hydrogens (primary N) is 1. The Morgan fingerprint density at radius 2 is 2.10 bits per heavy atom. The van der Waals surface area contributed by atoms with Crippen molar-refractivity contribution < 1.29 is 26.7 Å². The topological polar surface area (TPSA) is 85.3 Å². The van der Waals surface area contributed by atoms with Gasteiger partial charge in [0.05, 0.1) is 29.5 Å². The Kier molecular flexibility index (Phi) is 5.65. The lowest BCUT2D eigenvalue weighted by atomic mass is 9.81. The number of hydrogen-bond donors (Lipinski definition) is 2. The van der Waals surface area contributed by atoms with Gasteiger partial charge in [-0.1, -0.05) is 0 Å². The van der Waals surface area contributed by atoms with E-state index in [0.717, 1.165) is 0 Å². The molecule has 0 aromatic carbocycles. The smallest absolute Gasteiger partial charge is 0.355 e. The first-order chi connectivity index (χ1) is 14.5. The maximum atomic E-state index is 13.7. The summed E-state index contributed by atoms with van der Waals surface area (Å²) in [6, 6.07) is 2.58. The lowest BCUT2D eigenvalue weighted by molar-refractivity contribution is -0.183. The highest BCUT2D eigenvalue weighted by atomic mass is 19.4. The molecule has 4 atom stereocenters. The molecular weight excluding hydrogens is 421 g/mol. The summed E-state index contributed by atoms with van der Waals surface area (Å²) in [4.78, 5) is 16.4. The molecule has 4 rings (SSSR count). The molecule has 11 heteroatoms. The summed E-state index contributed by atoms with van der Waals surface area (Å²) in [5.41, 5.74) is 7.56. The average molecular weight is 445 g/mol. The number of rotatable bonds is 4. The number of halogens is 5. The Balaban J connectivity index is 1.49. The van der Waals surface area contributed by atoms with E-state index in [2.05, 4.69) is 15.4 Å². The molecular formula is C20H24F5N5O. The average Bonchev–Trinajstić information content (AvgIpc) is 3.11. The predicted molar refractivity (Wildman–Crippen MR) is 101 cm³/mol. The first-order valence-corrected chi connectivity index (χ1v) is 10.3. The van der Waals surface area contributed by atoms with Crippen molar-refractivity contribution in [3.8, 4) is 0 Å². The second-order valence-corrected chi connectivity index (χ2v) is 8.65. The molecule has 3 heterocycles. The van der Waals surface area contributed by atoms with Gasteiger partial charge in [0.25, 0.3) is 0 Å². The van der Waals surface area contributed by atoms with E-state index in [0.29, 0.717) is 29.9 Å². The van der Waals surface area contributed by atoms with E-state index in [1.54, 1.807) is 18.3 Å². The molecule has 0 bridgehead atoms. The molecule has 0 radical (unpaired) electrons. The SMILES string of the molecule is N[C@H](c1cn2nc(CC3C[C@H](C(F)(F)F)CNC3=O)ccc2n1)[C@@H]1CCCC(F)(F)C1. The second kappa shape index (κ2) is 7.99. The van der Waals surface area contributed by atoms with Crippen LogP contribution in [0, 0.1) is 17.8 Å². The fourth-order valence-corrected chi connectivity index (χ4v) is 4.55. The summed E-state index contributed by atoms with van der Waals surface area (Å²) in [5, 5.41) is 6.68. The molecule has 31 heavy (non-hydrogen) atoms. The van der Waals surface area contributed by atoms with Crippen molar-refractivity contribution in [3.05, 3.63) is 29.7 Å². The zero-order valence-electron chi connectivity index (χ0n) is 16.7. The zero-order valence-corrected chi connectivity index (χ0v) is 16.7. The van der Waals surface area contributed by atoms with Crippen LogP contribution in [0.25, 0.3) is 5.65 Å². The number of carbonyl (C=O) groups excluding carboxylic acids is 1. The number of hydrogen-bond acceptors (Lipinski definition) is 4. The van der Waals surface area contributed by atoms with Crippen molar-refractivity contribution in [1.29, 1.82) is 0 Å². The number of nitrogens with one attached hydrogen (secondary N) is 1. The molecule has 1 aliphatic heterocycles. The molecule has 2 aromatic heterocycles. The number of alkyl halides is 5. The van der Waals surface area contributed by atoms with Crippen LogP contribution in [0.15, 0.2) is 18.3 Å². The Hall–Kier alpha value is -2.30. The minimum atomic E-state index is -4.37. The van der Waals surface area contributed by atoms with Gasteiger partial charge in [-0.05, 0) is 37.3 Å². The van der Waals surface area contributed by atoms with Gasteiger partial charge in [0, 0.05) is 31.7 Å². The monoisotopic (exact) mass is 445 g/mol. The van der Waals surface area contributed by atoms with Crippen molar-refractivity contribution in [3.63, 3.8) is 0 Å². The van der Waals surface area contributed by atoms with E-state index >= 15 is 0 Å². The van der Waals surface area contributed by atoms with E-state index in [4.69, 9.17) is 5.73 Å². The maximum Gasteiger partial charge on any atom is 0.393 e. The number of fused-ring (bicyclic) bond motifs is 1. The number of carbonyl (C=O) groups is 1. The minimum Gasteiger partial charge on any atom is -0.355 e. The highest BCUT2D eigenvalue weighted by Gasteiger charge is 2.44. The van der Waals surface area contributed by atoms with Crippen LogP contribution >= 0.6 is 0 Å². The van der Waals surface area contributed by atoms with Gasteiger partial charge in [0.1, 0.15) is 0 Å². The maximum absolute atomic E-state index is 13.7. The van der Waals surface area contributed by atoms with Gasteiger partial charge < -0.3 is 11.1 Å². The Bertz CT molecular complexity index is 959. The first kappa shape index (κ1) is 21.9. The quantitative estimate of drug-likeness (QED) is 0.707. The van der Waals surface area contributed by atoms with Gasteiger partial charge in [-0.15, -0.1) is 0 Å². The predicted octanol–water partition coefficient (Wildman–Crippen LogP) is 3.41.